The number of benzene rings is 2. The topological polar surface area (TPSA) is 80.6 Å². The quantitative estimate of drug-likeness (QED) is 0.574. The maximum Gasteiger partial charge on any atom is 0.268 e. The van der Waals surface area contributed by atoms with Gasteiger partial charge in [0, 0.05) is 5.56 Å². The van der Waals surface area contributed by atoms with Crippen molar-refractivity contribution in [3.63, 3.8) is 0 Å². The summed E-state index contributed by atoms with van der Waals surface area (Å²) in [5.74, 6) is 0.574. The fourth-order valence-corrected chi connectivity index (χ4v) is 2.61. The molecule has 0 aliphatic carbocycles. The van der Waals surface area contributed by atoms with Crippen LogP contribution in [0.15, 0.2) is 83.1 Å². The predicted molar refractivity (Wildman–Crippen MR) is 110 cm³/mol. The molecule has 2 amide bonds. The van der Waals surface area contributed by atoms with E-state index in [1.165, 1.54) is 6.26 Å². The van der Waals surface area contributed by atoms with Crippen LogP contribution in [0.4, 0.5) is 0 Å². The van der Waals surface area contributed by atoms with Gasteiger partial charge in [-0.25, -0.2) is 0 Å². The minimum atomic E-state index is -0.417. The molecule has 6 nitrogen and oxygen atoms in total. The third-order valence-corrected chi connectivity index (χ3v) is 4.03. The second-order valence-electron chi connectivity index (χ2n) is 6.14. The molecule has 0 saturated carbocycles. The molecule has 0 aliphatic heterocycles. The first-order chi connectivity index (χ1) is 14.2. The molecule has 0 saturated heterocycles. The lowest BCUT2D eigenvalue weighted by Gasteiger charge is -2.11. The molecular formula is C23H22N2O4. The molecule has 2 N–H and O–H groups in total. The molecule has 3 aromatic rings. The van der Waals surface area contributed by atoms with Gasteiger partial charge < -0.3 is 19.8 Å². The Hall–Kier alpha value is -3.80. The predicted octanol–water partition coefficient (Wildman–Crippen LogP) is 3.77. The van der Waals surface area contributed by atoms with Crippen LogP contribution < -0.4 is 15.4 Å². The molecule has 6 heteroatoms. The monoisotopic (exact) mass is 390 g/mol. The van der Waals surface area contributed by atoms with Crippen LogP contribution in [0.25, 0.3) is 6.08 Å². The highest BCUT2D eigenvalue weighted by Gasteiger charge is 2.15. The van der Waals surface area contributed by atoms with Crippen molar-refractivity contribution in [2.45, 2.75) is 13.5 Å². The van der Waals surface area contributed by atoms with Crippen LogP contribution in [-0.4, -0.2) is 18.4 Å². The van der Waals surface area contributed by atoms with E-state index in [1.807, 2.05) is 37.3 Å². The summed E-state index contributed by atoms with van der Waals surface area (Å²) in [6.45, 7) is 2.70. The Morgan fingerprint density at radius 2 is 1.76 bits per heavy atom. The van der Waals surface area contributed by atoms with Crippen molar-refractivity contribution in [3.05, 3.63) is 95.6 Å². The van der Waals surface area contributed by atoms with Crippen LogP contribution in [0.5, 0.6) is 5.75 Å². The summed E-state index contributed by atoms with van der Waals surface area (Å²) < 4.78 is 10.7. The lowest BCUT2D eigenvalue weighted by Crippen LogP contribution is -2.34. The largest absolute Gasteiger partial charge is 0.494 e. The minimum Gasteiger partial charge on any atom is -0.494 e. The van der Waals surface area contributed by atoms with E-state index >= 15 is 0 Å². The summed E-state index contributed by atoms with van der Waals surface area (Å²) in [6.07, 6.45) is 3.16. The molecule has 0 unspecified atom stereocenters. The van der Waals surface area contributed by atoms with E-state index in [2.05, 4.69) is 10.6 Å². The van der Waals surface area contributed by atoms with Crippen molar-refractivity contribution in [1.29, 1.82) is 0 Å². The van der Waals surface area contributed by atoms with Gasteiger partial charge in [0.2, 0.25) is 0 Å². The average Bonchev–Trinajstić information content (AvgIpc) is 3.27. The van der Waals surface area contributed by atoms with E-state index in [4.69, 9.17) is 9.15 Å². The Balaban J connectivity index is 1.79. The number of ether oxygens (including phenoxy) is 1. The van der Waals surface area contributed by atoms with Crippen LogP contribution >= 0.6 is 0 Å². The zero-order valence-electron chi connectivity index (χ0n) is 16.1. The van der Waals surface area contributed by atoms with E-state index in [0.29, 0.717) is 17.9 Å². The lowest BCUT2D eigenvalue weighted by molar-refractivity contribution is -0.118. The molecule has 1 aromatic heterocycles. The van der Waals surface area contributed by atoms with Crippen LogP contribution in [0, 0.1) is 0 Å². The second kappa shape index (κ2) is 9.94. The summed E-state index contributed by atoms with van der Waals surface area (Å²) in [4.78, 5) is 25.3. The SMILES string of the molecule is CCOc1ccc(/C=C(/NC(=O)c2ccccc2)C(=O)NCc2ccco2)cc1. The Kier molecular flexibility index (Phi) is 6.84. The summed E-state index contributed by atoms with van der Waals surface area (Å²) in [5, 5.41) is 5.45. The fourth-order valence-electron chi connectivity index (χ4n) is 2.61. The summed E-state index contributed by atoms with van der Waals surface area (Å²) in [7, 11) is 0. The zero-order chi connectivity index (χ0) is 20.5. The van der Waals surface area contributed by atoms with Crippen LogP contribution in [0.2, 0.25) is 0 Å². The smallest absolute Gasteiger partial charge is 0.268 e. The Morgan fingerprint density at radius 1 is 1.00 bits per heavy atom. The molecule has 1 heterocycles. The van der Waals surface area contributed by atoms with Crippen LogP contribution in [0.3, 0.4) is 0 Å². The normalized spacial score (nSPS) is 11.0. The van der Waals surface area contributed by atoms with Gasteiger partial charge in [-0.05, 0) is 55.0 Å². The van der Waals surface area contributed by atoms with Crippen molar-refractivity contribution in [2.75, 3.05) is 6.61 Å². The van der Waals surface area contributed by atoms with E-state index in [-0.39, 0.29) is 18.1 Å². The molecule has 0 fully saturated rings. The van der Waals surface area contributed by atoms with Gasteiger partial charge in [0.25, 0.3) is 11.8 Å². The van der Waals surface area contributed by atoms with E-state index in [1.54, 1.807) is 42.5 Å². The molecule has 29 heavy (non-hydrogen) atoms. The summed E-state index contributed by atoms with van der Waals surface area (Å²) >= 11 is 0. The third-order valence-electron chi connectivity index (χ3n) is 4.03. The number of rotatable bonds is 8. The first-order valence-corrected chi connectivity index (χ1v) is 9.27. The highest BCUT2D eigenvalue weighted by molar-refractivity contribution is 6.05. The Morgan fingerprint density at radius 3 is 2.41 bits per heavy atom. The molecular weight excluding hydrogens is 368 g/mol. The lowest BCUT2D eigenvalue weighted by atomic mass is 10.1. The molecule has 2 aromatic carbocycles. The van der Waals surface area contributed by atoms with E-state index in [0.717, 1.165) is 11.3 Å². The van der Waals surface area contributed by atoms with Gasteiger partial charge >= 0.3 is 0 Å². The zero-order valence-corrected chi connectivity index (χ0v) is 16.1. The van der Waals surface area contributed by atoms with Gasteiger partial charge in [-0.15, -0.1) is 0 Å². The van der Waals surface area contributed by atoms with Crippen LogP contribution in [0.1, 0.15) is 28.6 Å². The number of hydrogen-bond donors (Lipinski definition) is 2. The van der Waals surface area contributed by atoms with Gasteiger partial charge in [0.05, 0.1) is 19.4 Å². The first kappa shape index (κ1) is 19.9. The van der Waals surface area contributed by atoms with E-state index in [9.17, 15) is 9.59 Å². The highest BCUT2D eigenvalue weighted by atomic mass is 16.5. The number of amides is 2. The molecule has 3 rings (SSSR count). The average molecular weight is 390 g/mol. The summed E-state index contributed by atoms with van der Waals surface area (Å²) in [6, 6.07) is 19.5. The van der Waals surface area contributed by atoms with Gasteiger partial charge in [-0.1, -0.05) is 30.3 Å². The van der Waals surface area contributed by atoms with Gasteiger partial charge in [0.1, 0.15) is 17.2 Å². The molecule has 0 atom stereocenters. The van der Waals surface area contributed by atoms with Crippen molar-refractivity contribution in [1.82, 2.24) is 10.6 Å². The Bertz CT molecular complexity index is 962. The van der Waals surface area contributed by atoms with Gasteiger partial charge in [0.15, 0.2) is 0 Å². The number of furan rings is 1. The third kappa shape index (κ3) is 5.84. The minimum absolute atomic E-state index is 0.134. The maximum atomic E-state index is 12.7. The van der Waals surface area contributed by atoms with Gasteiger partial charge in [-0.3, -0.25) is 9.59 Å². The first-order valence-electron chi connectivity index (χ1n) is 9.27. The number of carbonyl (C=O) groups is 2. The molecule has 0 bridgehead atoms. The second-order valence-corrected chi connectivity index (χ2v) is 6.14. The van der Waals surface area contributed by atoms with Crippen molar-refractivity contribution < 1.29 is 18.7 Å². The summed E-state index contributed by atoms with van der Waals surface area (Å²) in [5.41, 5.74) is 1.35. The Labute approximate surface area is 169 Å². The number of hydrogen-bond acceptors (Lipinski definition) is 4. The highest BCUT2D eigenvalue weighted by Crippen LogP contribution is 2.14. The molecule has 148 valence electrons. The van der Waals surface area contributed by atoms with Crippen molar-refractivity contribution in [2.24, 2.45) is 0 Å². The van der Waals surface area contributed by atoms with Crippen molar-refractivity contribution >= 4 is 17.9 Å². The van der Waals surface area contributed by atoms with Crippen LogP contribution in [-0.2, 0) is 11.3 Å². The maximum absolute atomic E-state index is 12.7. The van der Waals surface area contributed by atoms with E-state index < -0.39 is 5.91 Å². The van der Waals surface area contributed by atoms with Gasteiger partial charge in [-0.2, -0.15) is 0 Å². The standard InChI is InChI=1S/C23H22N2O4/c1-2-28-19-12-10-17(11-13-19)15-21(23(27)24-16-20-9-6-14-29-20)25-22(26)18-7-4-3-5-8-18/h3-15H,2,16H2,1H3,(H,24,27)(H,25,26)/b21-15+. The van der Waals surface area contributed by atoms with Crippen molar-refractivity contribution in [3.8, 4) is 5.75 Å². The number of carbonyl (C=O) groups excluding carboxylic acids is 2. The fraction of sp³-hybridized carbons (Fsp3) is 0.130. The molecule has 0 spiro atoms. The molecule has 0 aliphatic rings. The number of nitrogens with one attached hydrogen (secondary N) is 2. The molecule has 0 radical (unpaired) electrons.